The molecule has 0 spiro atoms. The van der Waals surface area contributed by atoms with Crippen molar-refractivity contribution in [3.05, 3.63) is 66.6 Å². The average Bonchev–Trinajstić information content (AvgIpc) is 3.22. The molecule has 0 saturated carbocycles. The zero-order valence-electron chi connectivity index (χ0n) is 15.0. The van der Waals surface area contributed by atoms with Crippen molar-refractivity contribution in [1.82, 2.24) is 14.9 Å². The third-order valence-corrected chi connectivity index (χ3v) is 4.71. The highest BCUT2D eigenvalue weighted by Gasteiger charge is 2.23. The molecule has 2 aromatic heterocycles. The summed E-state index contributed by atoms with van der Waals surface area (Å²) >= 11 is 0. The van der Waals surface area contributed by atoms with Crippen LogP contribution >= 0.6 is 0 Å². The SMILES string of the molecule is O=C(Nc1cccc2cccnc12)N(Cc1cccnc1)CC1CCCO1. The van der Waals surface area contributed by atoms with Crippen LogP contribution < -0.4 is 5.32 Å². The Bertz CT molecular complexity index is 905. The van der Waals surface area contributed by atoms with Crippen LogP contribution in [-0.4, -0.2) is 40.2 Å². The first kappa shape index (κ1) is 17.4. The van der Waals surface area contributed by atoms with Crippen molar-refractivity contribution >= 4 is 22.6 Å². The van der Waals surface area contributed by atoms with E-state index in [1.165, 1.54) is 0 Å². The number of nitrogens with zero attached hydrogens (tertiary/aromatic N) is 3. The Morgan fingerprint density at radius 2 is 2.07 bits per heavy atom. The van der Waals surface area contributed by atoms with Crippen molar-refractivity contribution in [2.24, 2.45) is 0 Å². The van der Waals surface area contributed by atoms with Gasteiger partial charge < -0.3 is 15.0 Å². The molecule has 1 atom stereocenters. The molecule has 1 saturated heterocycles. The van der Waals surface area contributed by atoms with Gasteiger partial charge in [0.25, 0.3) is 0 Å². The molecule has 4 rings (SSSR count). The van der Waals surface area contributed by atoms with Crippen LogP contribution in [0.1, 0.15) is 18.4 Å². The second kappa shape index (κ2) is 8.14. The van der Waals surface area contributed by atoms with E-state index in [1.54, 1.807) is 23.5 Å². The summed E-state index contributed by atoms with van der Waals surface area (Å²) in [5, 5.41) is 4.02. The van der Waals surface area contributed by atoms with Crippen LogP contribution in [0.3, 0.4) is 0 Å². The van der Waals surface area contributed by atoms with E-state index < -0.39 is 0 Å². The molecule has 3 aromatic rings. The Morgan fingerprint density at radius 1 is 1.19 bits per heavy atom. The maximum absolute atomic E-state index is 13.1. The highest BCUT2D eigenvalue weighted by Crippen LogP contribution is 2.22. The van der Waals surface area contributed by atoms with Gasteiger partial charge in [0.1, 0.15) is 0 Å². The molecule has 1 N–H and O–H groups in total. The van der Waals surface area contributed by atoms with E-state index in [0.29, 0.717) is 18.8 Å². The number of aromatic nitrogens is 2. The fraction of sp³-hybridized carbons (Fsp3) is 0.286. The number of amides is 2. The van der Waals surface area contributed by atoms with Gasteiger partial charge >= 0.3 is 6.03 Å². The summed E-state index contributed by atoms with van der Waals surface area (Å²) in [4.78, 5) is 23.4. The van der Waals surface area contributed by atoms with Gasteiger partial charge in [-0.3, -0.25) is 9.97 Å². The molecule has 0 aliphatic carbocycles. The first-order chi connectivity index (χ1) is 13.3. The Labute approximate surface area is 158 Å². The maximum atomic E-state index is 13.1. The van der Waals surface area contributed by atoms with Crippen molar-refractivity contribution in [1.29, 1.82) is 0 Å². The Balaban J connectivity index is 1.55. The van der Waals surface area contributed by atoms with Gasteiger partial charge in [-0.1, -0.05) is 24.3 Å². The van der Waals surface area contributed by atoms with Gasteiger partial charge in [0.05, 0.1) is 17.3 Å². The highest BCUT2D eigenvalue weighted by molar-refractivity contribution is 5.99. The van der Waals surface area contributed by atoms with Gasteiger partial charge in [-0.25, -0.2) is 4.79 Å². The van der Waals surface area contributed by atoms with Crippen molar-refractivity contribution in [2.75, 3.05) is 18.5 Å². The molecule has 2 amide bonds. The summed E-state index contributed by atoms with van der Waals surface area (Å²) in [7, 11) is 0. The van der Waals surface area contributed by atoms with E-state index in [1.807, 2.05) is 42.5 Å². The number of fused-ring (bicyclic) bond motifs is 1. The summed E-state index contributed by atoms with van der Waals surface area (Å²) < 4.78 is 5.74. The minimum absolute atomic E-state index is 0.0815. The Kier molecular flexibility index (Phi) is 5.25. The monoisotopic (exact) mass is 362 g/mol. The van der Waals surface area contributed by atoms with Crippen molar-refractivity contribution < 1.29 is 9.53 Å². The van der Waals surface area contributed by atoms with Crippen molar-refractivity contribution in [3.63, 3.8) is 0 Å². The quantitative estimate of drug-likeness (QED) is 0.749. The molecule has 138 valence electrons. The van der Waals surface area contributed by atoms with Crippen molar-refractivity contribution in [3.8, 4) is 0 Å². The summed E-state index contributed by atoms with van der Waals surface area (Å²) in [6.45, 7) is 1.80. The third kappa shape index (κ3) is 4.23. The van der Waals surface area contributed by atoms with Crippen LogP contribution in [-0.2, 0) is 11.3 Å². The molecule has 1 aliphatic heterocycles. The van der Waals surface area contributed by atoms with Gasteiger partial charge in [0.15, 0.2) is 0 Å². The van der Waals surface area contributed by atoms with Crippen LogP contribution in [0.2, 0.25) is 0 Å². The van der Waals surface area contributed by atoms with E-state index in [-0.39, 0.29) is 12.1 Å². The minimum Gasteiger partial charge on any atom is -0.376 e. The number of anilines is 1. The number of pyridine rings is 2. The topological polar surface area (TPSA) is 67.4 Å². The molecule has 27 heavy (non-hydrogen) atoms. The first-order valence-corrected chi connectivity index (χ1v) is 9.20. The smallest absolute Gasteiger partial charge is 0.322 e. The number of rotatable bonds is 5. The van der Waals surface area contributed by atoms with E-state index >= 15 is 0 Å². The number of benzene rings is 1. The minimum atomic E-state index is -0.160. The molecule has 0 bridgehead atoms. The molecule has 1 aromatic carbocycles. The molecule has 0 radical (unpaired) electrons. The Morgan fingerprint density at radius 3 is 2.89 bits per heavy atom. The predicted octanol–water partition coefficient (Wildman–Crippen LogP) is 3.84. The van der Waals surface area contributed by atoms with Crippen LogP contribution in [0.25, 0.3) is 10.9 Å². The fourth-order valence-electron chi connectivity index (χ4n) is 3.36. The number of urea groups is 1. The van der Waals surface area contributed by atoms with Gasteiger partial charge in [0.2, 0.25) is 0 Å². The van der Waals surface area contributed by atoms with Crippen LogP contribution in [0.5, 0.6) is 0 Å². The largest absolute Gasteiger partial charge is 0.376 e. The van der Waals surface area contributed by atoms with Gasteiger partial charge in [0, 0.05) is 43.7 Å². The number of carbonyl (C=O) groups is 1. The lowest BCUT2D eigenvalue weighted by molar-refractivity contribution is 0.0819. The lowest BCUT2D eigenvalue weighted by atomic mass is 10.2. The molecular weight excluding hydrogens is 340 g/mol. The van der Waals surface area contributed by atoms with E-state index in [0.717, 1.165) is 35.9 Å². The molecule has 1 unspecified atom stereocenters. The van der Waals surface area contributed by atoms with Gasteiger partial charge in [-0.2, -0.15) is 0 Å². The fourth-order valence-corrected chi connectivity index (χ4v) is 3.36. The summed E-state index contributed by atoms with van der Waals surface area (Å²) in [5.41, 5.74) is 2.48. The normalized spacial score (nSPS) is 16.4. The van der Waals surface area contributed by atoms with E-state index in [4.69, 9.17) is 4.74 Å². The Hall–Kier alpha value is -2.99. The lowest BCUT2D eigenvalue weighted by Gasteiger charge is -2.26. The number of para-hydroxylation sites is 1. The van der Waals surface area contributed by atoms with Crippen LogP contribution in [0.15, 0.2) is 61.1 Å². The zero-order chi connectivity index (χ0) is 18.5. The molecule has 6 nitrogen and oxygen atoms in total. The summed E-state index contributed by atoms with van der Waals surface area (Å²) in [6.07, 6.45) is 7.36. The van der Waals surface area contributed by atoms with Gasteiger partial charge in [-0.15, -0.1) is 0 Å². The summed E-state index contributed by atoms with van der Waals surface area (Å²) in [5.74, 6) is 0. The van der Waals surface area contributed by atoms with Crippen LogP contribution in [0, 0.1) is 0 Å². The molecular formula is C21H22N4O2. The molecule has 6 heteroatoms. The standard InChI is InChI=1S/C21H22N4O2/c26-21(24-19-9-1-6-17-7-3-11-23-20(17)19)25(15-18-8-4-12-27-18)14-16-5-2-10-22-13-16/h1-3,5-7,9-11,13,18H,4,8,12,14-15H2,(H,24,26). The molecule has 3 heterocycles. The third-order valence-electron chi connectivity index (χ3n) is 4.71. The number of ether oxygens (including phenoxy) is 1. The van der Waals surface area contributed by atoms with E-state index in [2.05, 4.69) is 15.3 Å². The molecule has 1 fully saturated rings. The average molecular weight is 362 g/mol. The number of nitrogens with one attached hydrogen (secondary N) is 1. The number of hydrogen-bond donors (Lipinski definition) is 1. The van der Waals surface area contributed by atoms with E-state index in [9.17, 15) is 4.79 Å². The molecule has 1 aliphatic rings. The summed E-state index contributed by atoms with van der Waals surface area (Å²) in [6, 6.07) is 13.4. The number of hydrogen-bond acceptors (Lipinski definition) is 4. The highest BCUT2D eigenvalue weighted by atomic mass is 16.5. The van der Waals surface area contributed by atoms with Gasteiger partial charge in [-0.05, 0) is 36.6 Å². The second-order valence-corrected chi connectivity index (χ2v) is 6.69. The first-order valence-electron chi connectivity index (χ1n) is 9.20. The van der Waals surface area contributed by atoms with Crippen molar-refractivity contribution in [2.45, 2.75) is 25.5 Å². The maximum Gasteiger partial charge on any atom is 0.322 e. The predicted molar refractivity (Wildman–Crippen MR) is 104 cm³/mol. The lowest BCUT2D eigenvalue weighted by Crippen LogP contribution is -2.39. The zero-order valence-corrected chi connectivity index (χ0v) is 15.0. The number of carbonyl (C=O) groups excluding carboxylic acids is 1. The van der Waals surface area contributed by atoms with Crippen LogP contribution in [0.4, 0.5) is 10.5 Å². The second-order valence-electron chi connectivity index (χ2n) is 6.69.